The van der Waals surface area contributed by atoms with E-state index in [1.165, 1.54) is 24.6 Å². The molecular weight excluding hydrogens is 322 g/mol. The van der Waals surface area contributed by atoms with Crippen LogP contribution in [0.25, 0.3) is 0 Å². The van der Waals surface area contributed by atoms with Gasteiger partial charge in [0, 0.05) is 11.6 Å². The molecule has 0 aromatic heterocycles. The number of carbonyl (C=O) groups is 1. The number of nitro benzene ring substituents is 1. The minimum absolute atomic E-state index is 0.0704. The number of benzene rings is 1. The van der Waals surface area contributed by atoms with E-state index < -0.39 is 16.5 Å². The van der Waals surface area contributed by atoms with Crippen molar-refractivity contribution in [2.24, 2.45) is 23.7 Å². The van der Waals surface area contributed by atoms with Gasteiger partial charge in [-0.25, -0.2) is 0 Å². The van der Waals surface area contributed by atoms with E-state index in [2.05, 4.69) is 6.92 Å². The molecule has 0 amide bonds. The standard InChI is InChI=1S/C19H23NO5/c1-2-19(14-6-11-5-12(8-14)9-15(19)7-11)25-17-10-13(18(21)22)3-4-16(17)20(23)24/h3-4,10-12,14-15H,2,5-9H2,1H3,(H,21,22)/p-1. The smallest absolute Gasteiger partial charge is 0.310 e. The molecule has 0 saturated heterocycles. The highest BCUT2D eigenvalue weighted by Gasteiger charge is 2.58. The monoisotopic (exact) mass is 344 g/mol. The van der Waals surface area contributed by atoms with Gasteiger partial charge < -0.3 is 14.6 Å². The number of aromatic carboxylic acids is 1. The van der Waals surface area contributed by atoms with Gasteiger partial charge in [0.05, 0.1) is 10.9 Å². The number of carbonyl (C=O) groups excluding carboxylic acids is 1. The largest absolute Gasteiger partial charge is 0.545 e. The van der Waals surface area contributed by atoms with E-state index in [-0.39, 0.29) is 17.0 Å². The molecule has 1 aromatic rings. The Bertz CT molecular complexity index is 701. The molecule has 6 nitrogen and oxygen atoms in total. The van der Waals surface area contributed by atoms with Gasteiger partial charge in [-0.05, 0) is 74.3 Å². The number of nitro groups is 1. The molecule has 0 atom stereocenters. The summed E-state index contributed by atoms with van der Waals surface area (Å²) in [6.45, 7) is 2.08. The van der Waals surface area contributed by atoms with Crippen LogP contribution in [0.3, 0.4) is 0 Å². The highest BCUT2D eigenvalue weighted by atomic mass is 16.6. The molecule has 0 spiro atoms. The highest BCUT2D eigenvalue weighted by Crippen LogP contribution is 2.60. The van der Waals surface area contributed by atoms with Crippen LogP contribution in [-0.4, -0.2) is 16.5 Å². The number of ether oxygens (including phenoxy) is 1. The lowest BCUT2D eigenvalue weighted by molar-refractivity contribution is -0.386. The van der Waals surface area contributed by atoms with E-state index in [0.717, 1.165) is 43.9 Å². The van der Waals surface area contributed by atoms with Crippen molar-refractivity contribution in [3.63, 3.8) is 0 Å². The molecule has 134 valence electrons. The van der Waals surface area contributed by atoms with Crippen molar-refractivity contribution in [1.82, 2.24) is 0 Å². The molecular formula is C19H22NO5-. The summed E-state index contributed by atoms with van der Waals surface area (Å²) >= 11 is 0. The molecule has 5 rings (SSSR count). The molecule has 4 aliphatic rings. The maximum absolute atomic E-state index is 11.4. The Labute approximate surface area is 146 Å². The quantitative estimate of drug-likeness (QED) is 0.605. The Morgan fingerprint density at radius 1 is 1.20 bits per heavy atom. The van der Waals surface area contributed by atoms with Crippen molar-refractivity contribution >= 4 is 11.7 Å². The number of hydrogen-bond acceptors (Lipinski definition) is 5. The predicted octanol–water partition coefficient (Wildman–Crippen LogP) is 2.94. The average Bonchev–Trinajstić information content (AvgIpc) is 2.57. The van der Waals surface area contributed by atoms with Crippen molar-refractivity contribution in [2.45, 2.75) is 51.0 Å². The summed E-state index contributed by atoms with van der Waals surface area (Å²) in [5.41, 5.74) is -0.676. The molecule has 0 aliphatic heterocycles. The van der Waals surface area contributed by atoms with Gasteiger partial charge in [0.15, 0.2) is 5.75 Å². The summed E-state index contributed by atoms with van der Waals surface area (Å²) in [5, 5.41) is 22.6. The van der Waals surface area contributed by atoms with Gasteiger partial charge in [-0.2, -0.15) is 0 Å². The molecule has 0 heterocycles. The van der Waals surface area contributed by atoms with Crippen molar-refractivity contribution < 1.29 is 19.6 Å². The molecule has 4 aliphatic carbocycles. The second-order valence-corrected chi connectivity index (χ2v) is 7.94. The topological polar surface area (TPSA) is 92.5 Å². The summed E-state index contributed by atoms with van der Waals surface area (Å²) in [6.07, 6.45) is 6.58. The summed E-state index contributed by atoms with van der Waals surface area (Å²) < 4.78 is 6.38. The highest BCUT2D eigenvalue weighted by molar-refractivity contribution is 5.87. The van der Waals surface area contributed by atoms with Crippen LogP contribution in [0.15, 0.2) is 18.2 Å². The summed E-state index contributed by atoms with van der Waals surface area (Å²) in [7, 11) is 0. The fourth-order valence-corrected chi connectivity index (χ4v) is 5.88. The molecule has 25 heavy (non-hydrogen) atoms. The van der Waals surface area contributed by atoms with E-state index >= 15 is 0 Å². The van der Waals surface area contributed by atoms with E-state index in [1.54, 1.807) is 0 Å². The zero-order valence-electron chi connectivity index (χ0n) is 14.3. The van der Waals surface area contributed by atoms with Crippen LogP contribution in [0.5, 0.6) is 5.75 Å². The third-order valence-corrected chi connectivity index (χ3v) is 6.76. The fourth-order valence-electron chi connectivity index (χ4n) is 5.88. The first-order chi connectivity index (χ1) is 11.9. The molecule has 4 bridgehead atoms. The zero-order valence-corrected chi connectivity index (χ0v) is 14.3. The molecule has 0 radical (unpaired) electrons. The lowest BCUT2D eigenvalue weighted by atomic mass is 9.49. The molecule has 4 fully saturated rings. The first kappa shape index (κ1) is 16.4. The van der Waals surface area contributed by atoms with E-state index in [9.17, 15) is 20.0 Å². The van der Waals surface area contributed by atoms with Gasteiger partial charge in [-0.1, -0.05) is 6.92 Å². The van der Waals surface area contributed by atoms with E-state index in [1.807, 2.05) is 0 Å². The predicted molar refractivity (Wildman–Crippen MR) is 88.1 cm³/mol. The summed E-state index contributed by atoms with van der Waals surface area (Å²) in [5.74, 6) is 1.04. The fraction of sp³-hybridized carbons (Fsp3) is 0.632. The van der Waals surface area contributed by atoms with Gasteiger partial charge >= 0.3 is 5.69 Å². The second kappa shape index (κ2) is 5.71. The number of nitrogens with zero attached hydrogens (tertiary/aromatic N) is 1. The first-order valence-corrected chi connectivity index (χ1v) is 9.11. The van der Waals surface area contributed by atoms with Crippen LogP contribution in [0, 0.1) is 33.8 Å². The Morgan fingerprint density at radius 3 is 2.28 bits per heavy atom. The molecule has 1 aromatic carbocycles. The maximum Gasteiger partial charge on any atom is 0.310 e. The van der Waals surface area contributed by atoms with Crippen LogP contribution in [-0.2, 0) is 0 Å². The third kappa shape index (κ3) is 2.50. The number of carboxylic acid groups (broad SMARTS) is 1. The van der Waals surface area contributed by atoms with Gasteiger partial charge in [0.1, 0.15) is 5.60 Å². The lowest BCUT2D eigenvalue weighted by Gasteiger charge is -2.60. The maximum atomic E-state index is 11.4. The molecule has 0 unspecified atom stereocenters. The summed E-state index contributed by atoms with van der Waals surface area (Å²) in [4.78, 5) is 22.1. The summed E-state index contributed by atoms with van der Waals surface area (Å²) in [6, 6.07) is 3.67. The zero-order chi connectivity index (χ0) is 17.8. The van der Waals surface area contributed by atoms with Crippen molar-refractivity contribution in [3.05, 3.63) is 33.9 Å². The Kier molecular flexibility index (Phi) is 3.74. The van der Waals surface area contributed by atoms with Crippen LogP contribution < -0.4 is 9.84 Å². The molecule has 6 heteroatoms. The second-order valence-electron chi connectivity index (χ2n) is 7.94. The Balaban J connectivity index is 1.74. The van der Waals surface area contributed by atoms with Gasteiger partial charge in [-0.3, -0.25) is 10.1 Å². The van der Waals surface area contributed by atoms with Crippen molar-refractivity contribution in [2.75, 3.05) is 0 Å². The van der Waals surface area contributed by atoms with E-state index in [0.29, 0.717) is 11.8 Å². The number of hydrogen-bond donors (Lipinski definition) is 0. The third-order valence-electron chi connectivity index (χ3n) is 6.76. The first-order valence-electron chi connectivity index (χ1n) is 9.11. The van der Waals surface area contributed by atoms with Crippen LogP contribution in [0.2, 0.25) is 0 Å². The Hall–Kier alpha value is -2.11. The van der Waals surface area contributed by atoms with Gasteiger partial charge in [-0.15, -0.1) is 0 Å². The van der Waals surface area contributed by atoms with Crippen LogP contribution in [0.1, 0.15) is 55.8 Å². The number of rotatable bonds is 5. The SMILES string of the molecule is CCC1(Oc2cc(C(=O)[O-])ccc2[N+](=O)[O-])C2CC3CC(C2)CC1C3. The van der Waals surface area contributed by atoms with Gasteiger partial charge in [0.2, 0.25) is 0 Å². The van der Waals surface area contributed by atoms with Crippen LogP contribution >= 0.6 is 0 Å². The molecule has 4 saturated carbocycles. The Morgan fingerprint density at radius 2 is 1.80 bits per heavy atom. The average molecular weight is 344 g/mol. The minimum atomic E-state index is -1.35. The van der Waals surface area contributed by atoms with Crippen molar-refractivity contribution in [1.29, 1.82) is 0 Å². The van der Waals surface area contributed by atoms with Gasteiger partial charge in [0.25, 0.3) is 0 Å². The normalized spacial score (nSPS) is 35.6. The minimum Gasteiger partial charge on any atom is -0.545 e. The number of carboxylic acids is 1. The molecule has 0 N–H and O–H groups in total. The van der Waals surface area contributed by atoms with E-state index in [4.69, 9.17) is 4.74 Å². The van der Waals surface area contributed by atoms with Crippen LogP contribution in [0.4, 0.5) is 5.69 Å². The van der Waals surface area contributed by atoms with Crippen molar-refractivity contribution in [3.8, 4) is 5.75 Å². The lowest BCUT2D eigenvalue weighted by Crippen LogP contribution is -2.60.